The SMILES string of the molecule is O=C(O)c1c(-n2c(=O)[nH]c3cscc3c2=O)c2cc(C(F)(F)F)ccc2n1Cc1ccccc1Br. The van der Waals surface area contributed by atoms with E-state index in [-0.39, 0.29) is 28.4 Å². The molecule has 0 bridgehead atoms. The number of aromatic amines is 1. The van der Waals surface area contributed by atoms with Crippen LogP contribution in [0.2, 0.25) is 0 Å². The molecule has 5 aromatic rings. The zero-order valence-corrected chi connectivity index (χ0v) is 19.8. The standard InChI is InChI=1S/C23H13BrF3N3O4S/c24-15-4-2-1-3-11(15)8-29-17-6-5-12(23(25,26)27)7-13(17)18(19(29)21(32)33)30-20(31)14-9-35-10-16(14)28-22(30)34/h1-7,9-10H,8H2,(H,28,34)(H,32,33). The first-order valence-electron chi connectivity index (χ1n) is 9.99. The Bertz CT molecular complexity index is 1760. The third-order valence-electron chi connectivity index (χ3n) is 5.62. The highest BCUT2D eigenvalue weighted by atomic mass is 79.9. The van der Waals surface area contributed by atoms with E-state index in [4.69, 9.17) is 0 Å². The molecule has 2 N–H and O–H groups in total. The highest BCUT2D eigenvalue weighted by molar-refractivity contribution is 9.10. The number of carboxylic acid groups (broad SMARTS) is 1. The molecule has 178 valence electrons. The second-order valence-corrected chi connectivity index (χ2v) is 9.28. The van der Waals surface area contributed by atoms with Gasteiger partial charge in [-0.2, -0.15) is 13.2 Å². The predicted octanol–water partition coefficient (Wildman–Crippen LogP) is 5.22. The van der Waals surface area contributed by atoms with Crippen molar-refractivity contribution in [1.82, 2.24) is 14.1 Å². The number of aromatic nitrogens is 3. The number of carbonyl (C=O) groups is 1. The van der Waals surface area contributed by atoms with E-state index in [0.717, 1.165) is 29.5 Å². The number of benzene rings is 2. The van der Waals surface area contributed by atoms with Crippen molar-refractivity contribution in [3.05, 3.63) is 95.4 Å². The molecule has 3 aromatic heterocycles. The first-order chi connectivity index (χ1) is 16.6. The van der Waals surface area contributed by atoms with E-state index in [9.17, 15) is 32.7 Å². The molecule has 0 fully saturated rings. The summed E-state index contributed by atoms with van der Waals surface area (Å²) in [5.74, 6) is -1.51. The van der Waals surface area contributed by atoms with Crippen LogP contribution in [0, 0.1) is 0 Å². The molecule has 0 amide bonds. The minimum absolute atomic E-state index is 0.0434. The van der Waals surface area contributed by atoms with E-state index in [1.807, 2.05) is 0 Å². The van der Waals surface area contributed by atoms with Crippen LogP contribution >= 0.6 is 27.3 Å². The Labute approximate surface area is 205 Å². The van der Waals surface area contributed by atoms with Crippen LogP contribution in [0.4, 0.5) is 13.2 Å². The third-order valence-corrected chi connectivity index (χ3v) is 7.13. The lowest BCUT2D eigenvalue weighted by atomic mass is 10.1. The number of nitrogens with zero attached hydrogens (tertiary/aromatic N) is 2. The molecule has 35 heavy (non-hydrogen) atoms. The first kappa shape index (κ1) is 23.1. The molecule has 0 aliphatic rings. The van der Waals surface area contributed by atoms with Gasteiger partial charge in [-0.1, -0.05) is 34.1 Å². The largest absolute Gasteiger partial charge is 0.477 e. The highest BCUT2D eigenvalue weighted by Crippen LogP contribution is 2.36. The molecule has 0 spiro atoms. The van der Waals surface area contributed by atoms with Gasteiger partial charge in [0.15, 0.2) is 5.69 Å². The van der Waals surface area contributed by atoms with Crippen LogP contribution < -0.4 is 11.2 Å². The van der Waals surface area contributed by atoms with Crippen LogP contribution in [-0.4, -0.2) is 25.2 Å². The lowest BCUT2D eigenvalue weighted by Gasteiger charge is -2.11. The minimum Gasteiger partial charge on any atom is -0.477 e. The summed E-state index contributed by atoms with van der Waals surface area (Å²) in [6, 6.07) is 9.70. The van der Waals surface area contributed by atoms with Crippen molar-refractivity contribution in [1.29, 1.82) is 0 Å². The van der Waals surface area contributed by atoms with Gasteiger partial charge in [-0.05, 0) is 29.8 Å². The zero-order valence-electron chi connectivity index (χ0n) is 17.4. The Hall–Kier alpha value is -3.64. The topological polar surface area (TPSA) is 97.1 Å². The first-order valence-corrected chi connectivity index (χ1v) is 11.7. The number of hydrogen-bond donors (Lipinski definition) is 2. The second-order valence-electron chi connectivity index (χ2n) is 7.68. The van der Waals surface area contributed by atoms with Gasteiger partial charge in [-0.25, -0.2) is 14.2 Å². The monoisotopic (exact) mass is 563 g/mol. The van der Waals surface area contributed by atoms with Crippen LogP contribution in [0.1, 0.15) is 21.6 Å². The molecule has 0 saturated heterocycles. The smallest absolute Gasteiger partial charge is 0.416 e. The summed E-state index contributed by atoms with van der Waals surface area (Å²) in [5.41, 5.74) is -2.72. The van der Waals surface area contributed by atoms with Crippen molar-refractivity contribution >= 4 is 55.0 Å². The van der Waals surface area contributed by atoms with E-state index < -0.39 is 40.3 Å². The van der Waals surface area contributed by atoms with Crippen molar-refractivity contribution in [3.63, 3.8) is 0 Å². The third kappa shape index (κ3) is 3.78. The second kappa shape index (κ2) is 8.24. The van der Waals surface area contributed by atoms with Gasteiger partial charge in [0.25, 0.3) is 5.56 Å². The van der Waals surface area contributed by atoms with Gasteiger partial charge in [-0.3, -0.25) is 4.79 Å². The molecule has 0 aliphatic carbocycles. The summed E-state index contributed by atoms with van der Waals surface area (Å²) in [4.78, 5) is 41.2. The fourth-order valence-electron chi connectivity index (χ4n) is 4.06. The normalized spacial score (nSPS) is 12.0. The Morgan fingerprint density at radius 2 is 1.83 bits per heavy atom. The number of alkyl halides is 3. The number of aromatic carboxylic acids is 1. The summed E-state index contributed by atoms with van der Waals surface area (Å²) in [6.45, 7) is -0.0434. The molecular weight excluding hydrogens is 551 g/mol. The van der Waals surface area contributed by atoms with Crippen molar-refractivity contribution < 1.29 is 23.1 Å². The van der Waals surface area contributed by atoms with E-state index in [1.54, 1.807) is 29.6 Å². The number of halogens is 4. The molecule has 0 radical (unpaired) electrons. The lowest BCUT2D eigenvalue weighted by molar-refractivity contribution is -0.137. The summed E-state index contributed by atoms with van der Waals surface area (Å²) < 4.78 is 43.3. The molecular formula is C23H13BrF3N3O4S. The molecule has 5 rings (SSSR count). The summed E-state index contributed by atoms with van der Waals surface area (Å²) in [7, 11) is 0. The van der Waals surface area contributed by atoms with Gasteiger partial charge in [0.1, 0.15) is 0 Å². The quantitative estimate of drug-likeness (QED) is 0.313. The van der Waals surface area contributed by atoms with Gasteiger partial charge in [0.05, 0.1) is 27.7 Å². The Kier molecular flexibility index (Phi) is 5.44. The molecule has 12 heteroatoms. The van der Waals surface area contributed by atoms with Crippen LogP contribution in [0.3, 0.4) is 0 Å². The van der Waals surface area contributed by atoms with Crippen molar-refractivity contribution in [3.8, 4) is 5.69 Å². The van der Waals surface area contributed by atoms with Gasteiger partial charge in [0.2, 0.25) is 0 Å². The summed E-state index contributed by atoms with van der Waals surface area (Å²) in [5, 5.41) is 13.1. The van der Waals surface area contributed by atoms with Crippen LogP contribution in [0.5, 0.6) is 0 Å². The minimum atomic E-state index is -4.73. The number of H-pyrrole nitrogens is 1. The number of fused-ring (bicyclic) bond motifs is 2. The maximum Gasteiger partial charge on any atom is 0.416 e. The number of hydrogen-bond acceptors (Lipinski definition) is 4. The summed E-state index contributed by atoms with van der Waals surface area (Å²) >= 11 is 4.55. The van der Waals surface area contributed by atoms with Gasteiger partial charge < -0.3 is 14.7 Å². The Morgan fingerprint density at radius 3 is 2.51 bits per heavy atom. The molecule has 3 heterocycles. The lowest BCUT2D eigenvalue weighted by Crippen LogP contribution is -2.34. The van der Waals surface area contributed by atoms with Crippen molar-refractivity contribution in [2.24, 2.45) is 0 Å². The fraction of sp³-hybridized carbons (Fsp3) is 0.0870. The van der Waals surface area contributed by atoms with E-state index in [2.05, 4.69) is 20.9 Å². The zero-order chi connectivity index (χ0) is 25.1. The van der Waals surface area contributed by atoms with Crippen molar-refractivity contribution in [2.45, 2.75) is 12.7 Å². The Morgan fingerprint density at radius 1 is 1.09 bits per heavy atom. The van der Waals surface area contributed by atoms with E-state index in [0.29, 0.717) is 14.6 Å². The summed E-state index contributed by atoms with van der Waals surface area (Å²) in [6.07, 6.45) is -4.73. The molecule has 7 nitrogen and oxygen atoms in total. The van der Waals surface area contributed by atoms with Crippen LogP contribution in [-0.2, 0) is 12.7 Å². The number of nitrogens with one attached hydrogen (secondary N) is 1. The Balaban J connectivity index is 1.94. The van der Waals surface area contributed by atoms with Gasteiger partial charge in [0, 0.05) is 27.2 Å². The average Bonchev–Trinajstić information content (AvgIpc) is 3.38. The number of thiophene rings is 1. The van der Waals surface area contributed by atoms with Gasteiger partial charge in [-0.15, -0.1) is 11.3 Å². The molecule has 0 unspecified atom stereocenters. The molecule has 0 aliphatic heterocycles. The number of carboxylic acids is 1. The van der Waals surface area contributed by atoms with Gasteiger partial charge >= 0.3 is 17.8 Å². The molecule has 2 aromatic carbocycles. The predicted molar refractivity (Wildman–Crippen MR) is 129 cm³/mol. The maximum absolute atomic E-state index is 13.6. The fourth-order valence-corrected chi connectivity index (χ4v) is 5.23. The van der Waals surface area contributed by atoms with Crippen LogP contribution in [0.15, 0.2) is 67.3 Å². The van der Waals surface area contributed by atoms with Crippen molar-refractivity contribution in [2.75, 3.05) is 0 Å². The van der Waals surface area contributed by atoms with E-state index >= 15 is 0 Å². The highest BCUT2D eigenvalue weighted by Gasteiger charge is 2.33. The maximum atomic E-state index is 13.6. The van der Waals surface area contributed by atoms with Crippen LogP contribution in [0.25, 0.3) is 27.5 Å². The average molecular weight is 564 g/mol. The number of rotatable bonds is 4. The van der Waals surface area contributed by atoms with E-state index in [1.165, 1.54) is 9.95 Å². The molecule has 0 saturated carbocycles. The molecule has 0 atom stereocenters.